The second kappa shape index (κ2) is 7.87. The summed E-state index contributed by atoms with van der Waals surface area (Å²) in [5.41, 5.74) is 3.60. The number of nitrogens with zero attached hydrogens (tertiary/aromatic N) is 2. The lowest BCUT2D eigenvalue weighted by Gasteiger charge is -2.27. The Labute approximate surface area is 183 Å². The van der Waals surface area contributed by atoms with Crippen molar-refractivity contribution in [2.24, 2.45) is 0 Å². The van der Waals surface area contributed by atoms with Gasteiger partial charge in [0.25, 0.3) is 0 Å². The van der Waals surface area contributed by atoms with E-state index in [1.807, 2.05) is 29.0 Å². The topological polar surface area (TPSA) is 50.3 Å². The molecule has 0 amide bonds. The molecule has 0 unspecified atom stereocenters. The monoisotopic (exact) mass is 437 g/mol. The molecule has 0 saturated heterocycles. The number of ether oxygens (including phenoxy) is 1. The molecule has 1 N–H and O–H groups in total. The number of H-pyrrole nitrogens is 1. The van der Waals surface area contributed by atoms with Crippen molar-refractivity contribution in [1.29, 1.82) is 0 Å². The summed E-state index contributed by atoms with van der Waals surface area (Å²) in [7, 11) is 0. The van der Waals surface area contributed by atoms with Crippen LogP contribution in [-0.2, 0) is 6.54 Å². The molecule has 7 heteroatoms. The fourth-order valence-corrected chi connectivity index (χ4v) is 4.51. The highest BCUT2D eigenvalue weighted by Crippen LogP contribution is 2.40. The zero-order chi connectivity index (χ0) is 21.5. The maximum atomic E-state index is 13.6. The molecule has 5 rings (SSSR count). The van der Waals surface area contributed by atoms with Crippen LogP contribution in [-0.4, -0.2) is 27.6 Å². The SMILES string of the molecule is C[C@H]1c2cc(-n3ccc4cc(F)ccc43)cc(Cl)c2OCCN1Cc1cc[nH]c(=O)c1. The van der Waals surface area contributed by atoms with E-state index in [4.69, 9.17) is 16.3 Å². The van der Waals surface area contributed by atoms with E-state index >= 15 is 0 Å². The lowest BCUT2D eigenvalue weighted by molar-refractivity contribution is 0.183. The third-order valence-electron chi connectivity index (χ3n) is 5.84. The normalized spacial score (nSPS) is 16.7. The second-order valence-electron chi connectivity index (χ2n) is 7.79. The maximum absolute atomic E-state index is 13.6. The van der Waals surface area contributed by atoms with Crippen LogP contribution in [0.5, 0.6) is 5.75 Å². The Morgan fingerprint density at radius 1 is 1.19 bits per heavy atom. The summed E-state index contributed by atoms with van der Waals surface area (Å²) in [5.74, 6) is 0.427. The second-order valence-corrected chi connectivity index (χ2v) is 8.20. The quantitative estimate of drug-likeness (QED) is 0.487. The molecule has 0 fully saturated rings. The number of fused-ring (bicyclic) bond motifs is 2. The molecule has 1 aliphatic heterocycles. The summed E-state index contributed by atoms with van der Waals surface area (Å²) in [6.07, 6.45) is 3.58. The van der Waals surface area contributed by atoms with Crippen LogP contribution in [0.2, 0.25) is 5.02 Å². The highest BCUT2D eigenvalue weighted by Gasteiger charge is 2.26. The van der Waals surface area contributed by atoms with Gasteiger partial charge in [0.05, 0.1) is 10.5 Å². The van der Waals surface area contributed by atoms with Crippen LogP contribution in [0.4, 0.5) is 4.39 Å². The van der Waals surface area contributed by atoms with Gasteiger partial charge in [-0.3, -0.25) is 9.69 Å². The highest BCUT2D eigenvalue weighted by atomic mass is 35.5. The van der Waals surface area contributed by atoms with Crippen LogP contribution >= 0.6 is 11.6 Å². The van der Waals surface area contributed by atoms with E-state index < -0.39 is 0 Å². The van der Waals surface area contributed by atoms with E-state index in [1.165, 1.54) is 12.1 Å². The Morgan fingerprint density at radius 2 is 2.06 bits per heavy atom. The van der Waals surface area contributed by atoms with Crippen molar-refractivity contribution in [3.8, 4) is 11.4 Å². The van der Waals surface area contributed by atoms with Crippen LogP contribution in [0.3, 0.4) is 0 Å². The Kier molecular flexibility index (Phi) is 5.04. The third kappa shape index (κ3) is 3.73. The lowest BCUT2D eigenvalue weighted by atomic mass is 10.0. The molecule has 5 nitrogen and oxygen atoms in total. The number of hydrogen-bond acceptors (Lipinski definition) is 3. The average molecular weight is 438 g/mol. The number of benzene rings is 2. The summed E-state index contributed by atoms with van der Waals surface area (Å²) in [5, 5.41) is 1.37. The van der Waals surface area contributed by atoms with Crippen molar-refractivity contribution in [1.82, 2.24) is 14.5 Å². The van der Waals surface area contributed by atoms with Crippen LogP contribution in [0, 0.1) is 5.82 Å². The van der Waals surface area contributed by atoms with Crippen LogP contribution in [0.15, 0.2) is 65.7 Å². The fourth-order valence-electron chi connectivity index (χ4n) is 4.23. The Hall–Kier alpha value is -3.09. The molecule has 31 heavy (non-hydrogen) atoms. The number of halogens is 2. The molecular weight excluding hydrogens is 417 g/mol. The number of aromatic nitrogens is 2. The highest BCUT2D eigenvalue weighted by molar-refractivity contribution is 6.32. The van der Waals surface area contributed by atoms with Gasteiger partial charge < -0.3 is 14.3 Å². The van der Waals surface area contributed by atoms with Gasteiger partial charge in [0.15, 0.2) is 0 Å². The molecule has 0 bridgehead atoms. The summed E-state index contributed by atoms with van der Waals surface area (Å²) in [6.45, 7) is 3.96. The molecule has 3 heterocycles. The van der Waals surface area contributed by atoms with Gasteiger partial charge >= 0.3 is 0 Å². The fraction of sp³-hybridized carbons (Fsp3) is 0.208. The summed E-state index contributed by atoms with van der Waals surface area (Å²) in [4.78, 5) is 16.6. The van der Waals surface area contributed by atoms with E-state index in [-0.39, 0.29) is 17.4 Å². The van der Waals surface area contributed by atoms with Gasteiger partial charge in [0.1, 0.15) is 18.2 Å². The van der Waals surface area contributed by atoms with Crippen LogP contribution in [0.25, 0.3) is 16.6 Å². The van der Waals surface area contributed by atoms with Gasteiger partial charge in [-0.25, -0.2) is 4.39 Å². The minimum Gasteiger partial charge on any atom is -0.490 e. The Morgan fingerprint density at radius 3 is 2.90 bits per heavy atom. The first-order valence-electron chi connectivity index (χ1n) is 10.1. The number of aromatic amines is 1. The van der Waals surface area contributed by atoms with Crippen molar-refractivity contribution in [2.75, 3.05) is 13.2 Å². The minimum absolute atomic E-state index is 0.0218. The molecule has 1 atom stereocenters. The van der Waals surface area contributed by atoms with Gasteiger partial charge in [-0.2, -0.15) is 0 Å². The van der Waals surface area contributed by atoms with Crippen molar-refractivity contribution >= 4 is 22.5 Å². The van der Waals surface area contributed by atoms with Gasteiger partial charge in [0.2, 0.25) is 5.56 Å². The minimum atomic E-state index is -0.261. The predicted molar refractivity (Wildman–Crippen MR) is 120 cm³/mol. The van der Waals surface area contributed by atoms with E-state index in [9.17, 15) is 9.18 Å². The number of hydrogen-bond donors (Lipinski definition) is 1. The molecule has 0 saturated carbocycles. The molecule has 4 aromatic rings. The lowest BCUT2D eigenvalue weighted by Crippen LogP contribution is -2.29. The van der Waals surface area contributed by atoms with E-state index in [0.29, 0.717) is 30.5 Å². The van der Waals surface area contributed by atoms with E-state index in [0.717, 1.165) is 27.7 Å². The van der Waals surface area contributed by atoms with E-state index in [1.54, 1.807) is 18.3 Å². The van der Waals surface area contributed by atoms with Crippen molar-refractivity contribution in [3.05, 3.63) is 93.2 Å². The predicted octanol–water partition coefficient (Wildman–Crippen LogP) is 5.07. The number of pyridine rings is 1. The van der Waals surface area contributed by atoms with Gasteiger partial charge in [-0.1, -0.05) is 11.6 Å². The molecule has 2 aromatic carbocycles. The standard InChI is InChI=1S/C24H21ClFN3O2/c1-15-20-12-19(29-7-5-17-11-18(26)2-3-22(17)29)13-21(25)24(20)31-9-8-28(15)14-16-4-6-27-23(30)10-16/h2-7,10-13,15H,8-9,14H2,1H3,(H,27,30)/t15-/m0/s1. The first kappa shape index (κ1) is 19.8. The largest absolute Gasteiger partial charge is 0.490 e. The molecule has 0 radical (unpaired) electrons. The number of rotatable bonds is 3. The van der Waals surface area contributed by atoms with Crippen LogP contribution in [0.1, 0.15) is 24.1 Å². The smallest absolute Gasteiger partial charge is 0.248 e. The van der Waals surface area contributed by atoms with Gasteiger partial charge in [0, 0.05) is 54.2 Å². The van der Waals surface area contributed by atoms with Crippen molar-refractivity contribution in [3.63, 3.8) is 0 Å². The van der Waals surface area contributed by atoms with Crippen molar-refractivity contribution in [2.45, 2.75) is 19.5 Å². The molecule has 0 aliphatic carbocycles. The van der Waals surface area contributed by atoms with Gasteiger partial charge in [-0.05, 0) is 55.0 Å². The average Bonchev–Trinajstić information content (AvgIpc) is 3.09. The third-order valence-corrected chi connectivity index (χ3v) is 6.12. The zero-order valence-electron chi connectivity index (χ0n) is 16.9. The maximum Gasteiger partial charge on any atom is 0.248 e. The summed E-state index contributed by atoms with van der Waals surface area (Å²) >= 11 is 6.64. The zero-order valence-corrected chi connectivity index (χ0v) is 17.7. The van der Waals surface area contributed by atoms with E-state index in [2.05, 4.69) is 22.9 Å². The molecular formula is C24H21ClFN3O2. The summed E-state index contributed by atoms with van der Waals surface area (Å²) in [6, 6.07) is 14.1. The molecule has 0 spiro atoms. The molecule has 1 aliphatic rings. The Balaban J connectivity index is 1.55. The molecule has 2 aromatic heterocycles. The first-order valence-corrected chi connectivity index (χ1v) is 10.5. The van der Waals surface area contributed by atoms with Crippen molar-refractivity contribution < 1.29 is 9.13 Å². The van der Waals surface area contributed by atoms with Gasteiger partial charge in [-0.15, -0.1) is 0 Å². The van der Waals surface area contributed by atoms with Crippen LogP contribution < -0.4 is 10.3 Å². The first-order chi connectivity index (χ1) is 15.0. The number of nitrogens with one attached hydrogen (secondary N) is 1. The molecule has 158 valence electrons. The Bertz CT molecular complexity index is 1330. The summed E-state index contributed by atoms with van der Waals surface area (Å²) < 4.78 is 21.6.